The number of carbonyl (C=O) groups is 1. The minimum absolute atomic E-state index is 0.217. The highest BCUT2D eigenvalue weighted by Gasteiger charge is 2.03. The molecule has 0 saturated heterocycles. The number of hydrogen-bond donors (Lipinski definition) is 1. The summed E-state index contributed by atoms with van der Waals surface area (Å²) in [5.41, 5.74) is 0.246. The van der Waals surface area contributed by atoms with E-state index in [1.807, 2.05) is 0 Å². The Bertz CT molecular complexity index is 468. The molecule has 1 N–H and O–H groups in total. The van der Waals surface area contributed by atoms with Gasteiger partial charge in [0.05, 0.1) is 5.02 Å². The third-order valence-corrected chi connectivity index (χ3v) is 3.81. The molecule has 0 unspecified atom stereocenters. The first-order valence-electron chi connectivity index (χ1n) is 8.05. The average Bonchev–Trinajstić information content (AvgIpc) is 2.49. The lowest BCUT2D eigenvalue weighted by atomic mass is 10.1. The molecule has 0 heterocycles. The molecule has 0 radical (unpaired) electrons. The second-order valence-corrected chi connectivity index (χ2v) is 5.79. The molecule has 4 heteroatoms. The molecule has 0 aliphatic rings. The van der Waals surface area contributed by atoms with Crippen molar-refractivity contribution < 1.29 is 9.18 Å². The predicted octanol–water partition coefficient (Wildman–Crippen LogP) is 5.36. The average molecular weight is 326 g/mol. The molecule has 0 spiro atoms. The molecule has 2 nitrogen and oxygen atoms in total. The smallest absolute Gasteiger partial charge is 0.244 e. The Hall–Kier alpha value is -1.35. The highest BCUT2D eigenvalue weighted by atomic mass is 35.5. The first-order valence-corrected chi connectivity index (χ1v) is 8.43. The van der Waals surface area contributed by atoms with Crippen LogP contribution in [-0.2, 0) is 4.79 Å². The highest BCUT2D eigenvalue weighted by Crippen LogP contribution is 2.20. The van der Waals surface area contributed by atoms with Crippen LogP contribution in [0.4, 0.5) is 4.39 Å². The monoisotopic (exact) mass is 325 g/mol. The van der Waals surface area contributed by atoms with Gasteiger partial charge in [-0.05, 0) is 24.6 Å². The normalized spacial score (nSPS) is 11.0. The van der Waals surface area contributed by atoms with E-state index < -0.39 is 5.82 Å². The molecular weight excluding hydrogens is 301 g/mol. The molecule has 0 aliphatic carbocycles. The van der Waals surface area contributed by atoms with E-state index in [4.69, 9.17) is 11.6 Å². The van der Waals surface area contributed by atoms with Crippen molar-refractivity contribution in [1.82, 2.24) is 5.32 Å². The van der Waals surface area contributed by atoms with Crippen LogP contribution in [0.2, 0.25) is 5.02 Å². The molecule has 0 aromatic heterocycles. The van der Waals surface area contributed by atoms with Gasteiger partial charge in [-0.2, -0.15) is 0 Å². The van der Waals surface area contributed by atoms with Gasteiger partial charge in [-0.15, -0.1) is 0 Å². The van der Waals surface area contributed by atoms with Gasteiger partial charge in [0.2, 0.25) is 5.91 Å². The van der Waals surface area contributed by atoms with Crippen molar-refractivity contribution in [2.75, 3.05) is 6.54 Å². The van der Waals surface area contributed by atoms with E-state index in [1.165, 1.54) is 56.4 Å². The molecule has 1 aromatic rings. The van der Waals surface area contributed by atoms with E-state index in [0.717, 1.165) is 12.8 Å². The Morgan fingerprint density at radius 3 is 2.55 bits per heavy atom. The molecule has 0 saturated carbocycles. The van der Waals surface area contributed by atoms with Crippen LogP contribution in [0.25, 0.3) is 6.08 Å². The number of hydrogen-bond acceptors (Lipinski definition) is 1. The minimum atomic E-state index is -0.427. The number of unbranched alkanes of at least 4 members (excludes halogenated alkanes) is 6. The lowest BCUT2D eigenvalue weighted by Crippen LogP contribution is -2.21. The molecule has 0 bridgehead atoms. The highest BCUT2D eigenvalue weighted by molar-refractivity contribution is 6.32. The van der Waals surface area contributed by atoms with Crippen LogP contribution in [0.1, 0.15) is 57.4 Å². The Kier molecular flexibility index (Phi) is 9.56. The van der Waals surface area contributed by atoms with Crippen LogP contribution in [0.5, 0.6) is 0 Å². The lowest BCUT2D eigenvalue weighted by Gasteiger charge is -2.03. The predicted molar refractivity (Wildman–Crippen MR) is 91.4 cm³/mol. The first-order chi connectivity index (χ1) is 10.6. The summed E-state index contributed by atoms with van der Waals surface area (Å²) in [5.74, 6) is -0.645. The van der Waals surface area contributed by atoms with Crippen molar-refractivity contribution in [3.8, 4) is 0 Å². The van der Waals surface area contributed by atoms with Gasteiger partial charge in [-0.1, -0.05) is 63.1 Å². The Labute approximate surface area is 137 Å². The third kappa shape index (κ3) is 7.60. The maximum atomic E-state index is 13.5. The number of rotatable bonds is 10. The molecule has 1 amide bonds. The summed E-state index contributed by atoms with van der Waals surface area (Å²) in [5, 5.41) is 3.10. The Morgan fingerprint density at radius 2 is 1.86 bits per heavy atom. The summed E-state index contributed by atoms with van der Waals surface area (Å²) in [7, 11) is 0. The van der Waals surface area contributed by atoms with Crippen LogP contribution in [0.15, 0.2) is 24.3 Å². The van der Waals surface area contributed by atoms with Gasteiger partial charge >= 0.3 is 0 Å². The first kappa shape index (κ1) is 18.7. The zero-order valence-electron chi connectivity index (χ0n) is 13.2. The summed E-state index contributed by atoms with van der Waals surface area (Å²) in [6.07, 6.45) is 11.2. The summed E-state index contributed by atoms with van der Waals surface area (Å²) in [4.78, 5) is 11.6. The number of amides is 1. The van der Waals surface area contributed by atoms with Crippen molar-refractivity contribution in [3.05, 3.63) is 40.7 Å². The standard InChI is InChI=1S/C18H25ClFNO/c1-2-3-4-5-6-7-8-14-21-18(22)13-12-15-16(19)10-9-11-17(15)20/h9-13H,2-8,14H2,1H3,(H,21,22)/b13-12+. The molecule has 0 atom stereocenters. The van der Waals surface area contributed by atoms with E-state index in [2.05, 4.69) is 12.2 Å². The van der Waals surface area contributed by atoms with E-state index in [1.54, 1.807) is 6.07 Å². The number of halogens is 2. The van der Waals surface area contributed by atoms with Gasteiger partial charge < -0.3 is 5.32 Å². The van der Waals surface area contributed by atoms with Gasteiger partial charge in [-0.25, -0.2) is 4.39 Å². The van der Waals surface area contributed by atoms with Gasteiger partial charge in [0.15, 0.2) is 0 Å². The van der Waals surface area contributed by atoms with Crippen molar-refractivity contribution in [3.63, 3.8) is 0 Å². The zero-order chi connectivity index (χ0) is 16.2. The van der Waals surface area contributed by atoms with Crippen LogP contribution < -0.4 is 5.32 Å². The fourth-order valence-corrected chi connectivity index (χ4v) is 2.41. The van der Waals surface area contributed by atoms with Crippen LogP contribution >= 0.6 is 11.6 Å². The minimum Gasteiger partial charge on any atom is -0.353 e. The number of carbonyl (C=O) groups excluding carboxylic acids is 1. The molecule has 0 fully saturated rings. The van der Waals surface area contributed by atoms with Crippen LogP contribution in [0.3, 0.4) is 0 Å². The van der Waals surface area contributed by atoms with Gasteiger partial charge in [0.1, 0.15) is 5.82 Å². The summed E-state index contributed by atoms with van der Waals surface area (Å²) < 4.78 is 13.5. The second kappa shape index (κ2) is 11.2. The molecule has 22 heavy (non-hydrogen) atoms. The summed E-state index contributed by atoms with van der Waals surface area (Å²) in [6.45, 7) is 2.86. The number of nitrogens with one attached hydrogen (secondary N) is 1. The third-order valence-electron chi connectivity index (χ3n) is 3.48. The Balaban J connectivity index is 2.20. The van der Waals surface area contributed by atoms with Crippen LogP contribution in [0, 0.1) is 5.82 Å². The van der Waals surface area contributed by atoms with Gasteiger partial charge in [0, 0.05) is 18.2 Å². The fourth-order valence-electron chi connectivity index (χ4n) is 2.18. The SMILES string of the molecule is CCCCCCCCCNC(=O)/C=C/c1c(F)cccc1Cl. The van der Waals surface area contributed by atoms with Gasteiger partial charge in [-0.3, -0.25) is 4.79 Å². The maximum Gasteiger partial charge on any atom is 0.244 e. The molecule has 0 aliphatic heterocycles. The summed E-state index contributed by atoms with van der Waals surface area (Å²) in [6, 6.07) is 4.46. The van der Waals surface area contributed by atoms with E-state index in [9.17, 15) is 9.18 Å². The molecular formula is C18H25ClFNO. The van der Waals surface area contributed by atoms with Crippen molar-refractivity contribution in [2.45, 2.75) is 51.9 Å². The van der Waals surface area contributed by atoms with Gasteiger partial charge in [0.25, 0.3) is 0 Å². The van der Waals surface area contributed by atoms with E-state index in [0.29, 0.717) is 11.6 Å². The lowest BCUT2D eigenvalue weighted by molar-refractivity contribution is -0.116. The summed E-state index contributed by atoms with van der Waals surface area (Å²) >= 11 is 5.89. The fraction of sp³-hybridized carbons (Fsp3) is 0.500. The largest absolute Gasteiger partial charge is 0.353 e. The van der Waals surface area contributed by atoms with Crippen LogP contribution in [-0.4, -0.2) is 12.5 Å². The maximum absolute atomic E-state index is 13.5. The molecule has 122 valence electrons. The van der Waals surface area contributed by atoms with Crippen molar-refractivity contribution >= 4 is 23.6 Å². The number of benzene rings is 1. The zero-order valence-corrected chi connectivity index (χ0v) is 14.0. The topological polar surface area (TPSA) is 29.1 Å². The second-order valence-electron chi connectivity index (χ2n) is 5.38. The van der Waals surface area contributed by atoms with Crippen molar-refractivity contribution in [2.24, 2.45) is 0 Å². The molecule has 1 rings (SSSR count). The van der Waals surface area contributed by atoms with Crippen molar-refractivity contribution in [1.29, 1.82) is 0 Å². The molecule has 1 aromatic carbocycles. The van der Waals surface area contributed by atoms with E-state index in [-0.39, 0.29) is 11.5 Å². The quantitative estimate of drug-likeness (QED) is 0.455. The Morgan fingerprint density at radius 1 is 1.18 bits per heavy atom. The van der Waals surface area contributed by atoms with E-state index >= 15 is 0 Å².